The zero-order valence-corrected chi connectivity index (χ0v) is 14.1. The van der Waals surface area contributed by atoms with Gasteiger partial charge in [-0.25, -0.2) is 0 Å². The predicted molar refractivity (Wildman–Crippen MR) is 99.0 cm³/mol. The first-order valence-corrected chi connectivity index (χ1v) is 8.46. The molecule has 0 spiro atoms. The van der Waals surface area contributed by atoms with Gasteiger partial charge < -0.3 is 4.90 Å². The van der Waals surface area contributed by atoms with E-state index in [0.29, 0.717) is 13.0 Å². The Labute approximate surface area is 148 Å². The molecule has 0 saturated heterocycles. The van der Waals surface area contributed by atoms with E-state index in [2.05, 4.69) is 9.97 Å². The van der Waals surface area contributed by atoms with Gasteiger partial charge in [0.15, 0.2) is 0 Å². The quantitative estimate of drug-likeness (QED) is 0.656. The highest BCUT2D eigenvalue weighted by Crippen LogP contribution is 2.18. The maximum Gasteiger partial charge on any atom is 0.227 e. The minimum atomic E-state index is 0.124. The summed E-state index contributed by atoms with van der Waals surface area (Å²) in [5, 5.41) is 0. The molecule has 0 atom stereocenters. The van der Waals surface area contributed by atoms with E-state index in [4.69, 9.17) is 0 Å². The van der Waals surface area contributed by atoms with Gasteiger partial charge in [-0.05, 0) is 48.2 Å². The van der Waals surface area contributed by atoms with Crippen molar-refractivity contribution in [2.75, 3.05) is 4.90 Å². The molecule has 25 heavy (non-hydrogen) atoms. The van der Waals surface area contributed by atoms with E-state index in [1.54, 1.807) is 18.6 Å². The van der Waals surface area contributed by atoms with Crippen LogP contribution in [0.25, 0.3) is 0 Å². The Bertz CT molecular complexity index is 776. The Morgan fingerprint density at radius 3 is 2.16 bits per heavy atom. The molecule has 0 aliphatic carbocycles. The SMILES string of the molecule is O=C(CCCc1cccnc1)N(Cc1cccnc1)c1ccccc1. The lowest BCUT2D eigenvalue weighted by Gasteiger charge is -2.23. The van der Waals surface area contributed by atoms with Crippen molar-refractivity contribution in [1.29, 1.82) is 0 Å². The Morgan fingerprint density at radius 1 is 0.840 bits per heavy atom. The lowest BCUT2D eigenvalue weighted by Crippen LogP contribution is -2.30. The maximum atomic E-state index is 12.8. The average molecular weight is 331 g/mol. The fourth-order valence-electron chi connectivity index (χ4n) is 2.73. The molecule has 2 heterocycles. The maximum absolute atomic E-state index is 12.8. The molecule has 2 aromatic heterocycles. The van der Waals surface area contributed by atoms with Crippen molar-refractivity contribution in [2.45, 2.75) is 25.8 Å². The summed E-state index contributed by atoms with van der Waals surface area (Å²) in [4.78, 5) is 22.9. The predicted octanol–water partition coefficient (Wildman–Crippen LogP) is 4.03. The van der Waals surface area contributed by atoms with Crippen LogP contribution in [0.4, 0.5) is 5.69 Å². The van der Waals surface area contributed by atoms with Gasteiger partial charge in [-0.2, -0.15) is 0 Å². The van der Waals surface area contributed by atoms with Crippen molar-refractivity contribution < 1.29 is 4.79 Å². The largest absolute Gasteiger partial charge is 0.308 e. The Kier molecular flexibility index (Phi) is 5.88. The number of hydrogen-bond donors (Lipinski definition) is 0. The normalized spacial score (nSPS) is 10.4. The van der Waals surface area contributed by atoms with Gasteiger partial charge in [-0.3, -0.25) is 14.8 Å². The number of hydrogen-bond acceptors (Lipinski definition) is 3. The highest BCUT2D eigenvalue weighted by atomic mass is 16.2. The Hall–Kier alpha value is -3.01. The number of aromatic nitrogens is 2. The number of amides is 1. The molecule has 126 valence electrons. The van der Waals surface area contributed by atoms with E-state index in [0.717, 1.165) is 29.7 Å². The fraction of sp³-hybridized carbons (Fsp3) is 0.190. The second kappa shape index (κ2) is 8.73. The lowest BCUT2D eigenvalue weighted by molar-refractivity contribution is -0.118. The second-order valence-corrected chi connectivity index (χ2v) is 5.89. The number of aryl methyl sites for hydroxylation is 1. The summed E-state index contributed by atoms with van der Waals surface area (Å²) in [7, 11) is 0. The summed E-state index contributed by atoms with van der Waals surface area (Å²) in [6.45, 7) is 0.531. The zero-order valence-electron chi connectivity index (χ0n) is 14.1. The van der Waals surface area contributed by atoms with Crippen LogP contribution in [-0.2, 0) is 17.8 Å². The van der Waals surface area contributed by atoms with Gasteiger partial charge in [0, 0.05) is 36.9 Å². The molecule has 1 aromatic carbocycles. The van der Waals surface area contributed by atoms with Gasteiger partial charge in [0.1, 0.15) is 0 Å². The molecule has 4 heteroatoms. The van der Waals surface area contributed by atoms with E-state index in [-0.39, 0.29) is 5.91 Å². The number of benzene rings is 1. The van der Waals surface area contributed by atoms with Gasteiger partial charge in [-0.15, -0.1) is 0 Å². The summed E-state index contributed by atoms with van der Waals surface area (Å²) >= 11 is 0. The number of para-hydroxylation sites is 1. The number of nitrogens with zero attached hydrogens (tertiary/aromatic N) is 3. The topological polar surface area (TPSA) is 46.1 Å². The smallest absolute Gasteiger partial charge is 0.227 e. The minimum absolute atomic E-state index is 0.124. The highest BCUT2D eigenvalue weighted by molar-refractivity contribution is 5.93. The highest BCUT2D eigenvalue weighted by Gasteiger charge is 2.16. The van der Waals surface area contributed by atoms with Crippen molar-refractivity contribution in [3.05, 3.63) is 90.5 Å². The van der Waals surface area contributed by atoms with E-state index >= 15 is 0 Å². The van der Waals surface area contributed by atoms with Crippen LogP contribution in [0.15, 0.2) is 79.4 Å². The van der Waals surface area contributed by atoms with Crippen LogP contribution < -0.4 is 4.90 Å². The molecule has 3 aromatic rings. The van der Waals surface area contributed by atoms with Crippen LogP contribution in [0.3, 0.4) is 0 Å². The molecule has 4 nitrogen and oxygen atoms in total. The van der Waals surface area contributed by atoms with Crippen LogP contribution >= 0.6 is 0 Å². The standard InChI is InChI=1S/C21H21N3O/c25-21(12-4-7-18-8-5-13-22-15-18)24(20-10-2-1-3-11-20)17-19-9-6-14-23-16-19/h1-3,5-6,8-11,13-16H,4,7,12,17H2. The number of anilines is 1. The van der Waals surface area contributed by atoms with E-state index in [1.807, 2.05) is 65.7 Å². The van der Waals surface area contributed by atoms with Gasteiger partial charge in [-0.1, -0.05) is 30.3 Å². The average Bonchev–Trinajstić information content (AvgIpc) is 2.68. The summed E-state index contributed by atoms with van der Waals surface area (Å²) in [5.41, 5.74) is 3.10. The zero-order chi connectivity index (χ0) is 17.3. The monoisotopic (exact) mass is 331 g/mol. The van der Waals surface area contributed by atoms with Gasteiger partial charge >= 0.3 is 0 Å². The molecule has 0 radical (unpaired) electrons. The third-order valence-electron chi connectivity index (χ3n) is 4.01. The summed E-state index contributed by atoms with van der Waals surface area (Å²) in [5.74, 6) is 0.124. The fourth-order valence-corrected chi connectivity index (χ4v) is 2.73. The molecule has 0 fully saturated rings. The molecule has 1 amide bonds. The Morgan fingerprint density at radius 2 is 1.52 bits per heavy atom. The number of carbonyl (C=O) groups is 1. The van der Waals surface area contributed by atoms with Gasteiger partial charge in [0.25, 0.3) is 0 Å². The van der Waals surface area contributed by atoms with Crippen LogP contribution in [-0.4, -0.2) is 15.9 Å². The van der Waals surface area contributed by atoms with Crippen LogP contribution in [0.1, 0.15) is 24.0 Å². The number of rotatable bonds is 7. The molecule has 0 bridgehead atoms. The van der Waals surface area contributed by atoms with Crippen molar-refractivity contribution in [1.82, 2.24) is 9.97 Å². The summed E-state index contributed by atoms with van der Waals surface area (Å²) in [6.07, 6.45) is 9.33. The van der Waals surface area contributed by atoms with Crippen LogP contribution in [0, 0.1) is 0 Å². The van der Waals surface area contributed by atoms with Crippen molar-refractivity contribution in [3.63, 3.8) is 0 Å². The summed E-state index contributed by atoms with van der Waals surface area (Å²) < 4.78 is 0. The van der Waals surface area contributed by atoms with Crippen molar-refractivity contribution in [2.24, 2.45) is 0 Å². The van der Waals surface area contributed by atoms with E-state index in [9.17, 15) is 4.79 Å². The number of pyridine rings is 2. The lowest BCUT2D eigenvalue weighted by atomic mass is 10.1. The van der Waals surface area contributed by atoms with Gasteiger partial charge in [0.2, 0.25) is 5.91 Å². The van der Waals surface area contributed by atoms with Crippen LogP contribution in [0.2, 0.25) is 0 Å². The molecule has 3 rings (SSSR count). The van der Waals surface area contributed by atoms with Crippen molar-refractivity contribution >= 4 is 11.6 Å². The second-order valence-electron chi connectivity index (χ2n) is 5.89. The molecule has 0 N–H and O–H groups in total. The van der Waals surface area contributed by atoms with Gasteiger partial charge in [0.05, 0.1) is 6.54 Å². The molecule has 0 saturated carbocycles. The van der Waals surface area contributed by atoms with E-state index < -0.39 is 0 Å². The first kappa shape index (κ1) is 16.8. The summed E-state index contributed by atoms with van der Waals surface area (Å²) in [6, 6.07) is 17.7. The minimum Gasteiger partial charge on any atom is -0.308 e. The first-order chi connectivity index (χ1) is 12.3. The molecule has 0 aliphatic rings. The van der Waals surface area contributed by atoms with Crippen LogP contribution in [0.5, 0.6) is 0 Å². The Balaban J connectivity index is 1.67. The third-order valence-corrected chi connectivity index (χ3v) is 4.01. The van der Waals surface area contributed by atoms with Crippen molar-refractivity contribution in [3.8, 4) is 0 Å². The molecule has 0 unspecified atom stereocenters. The third kappa shape index (κ3) is 4.98. The van der Waals surface area contributed by atoms with E-state index in [1.165, 1.54) is 0 Å². The molecular weight excluding hydrogens is 310 g/mol. The number of carbonyl (C=O) groups excluding carboxylic acids is 1. The molecule has 0 aliphatic heterocycles. The molecular formula is C21H21N3O. The first-order valence-electron chi connectivity index (χ1n) is 8.46.